The number of sulfonamides is 1. The minimum atomic E-state index is -4.01. The van der Waals surface area contributed by atoms with Crippen molar-refractivity contribution in [2.45, 2.75) is 18.7 Å². The number of hydrogen-bond acceptors (Lipinski definition) is 4. The fraction of sp³-hybridized carbons (Fsp3) is 0.130. The van der Waals surface area contributed by atoms with Gasteiger partial charge in [0.15, 0.2) is 0 Å². The molecule has 0 atom stereocenters. The van der Waals surface area contributed by atoms with E-state index in [1.54, 1.807) is 37.3 Å². The number of amides is 1. The highest BCUT2D eigenvalue weighted by atomic mass is 127. The quantitative estimate of drug-likeness (QED) is 0.243. The van der Waals surface area contributed by atoms with E-state index in [4.69, 9.17) is 11.6 Å². The number of benzene rings is 3. The van der Waals surface area contributed by atoms with Gasteiger partial charge in [-0.25, -0.2) is 13.8 Å². The van der Waals surface area contributed by atoms with Crippen molar-refractivity contribution < 1.29 is 13.2 Å². The number of rotatable bonds is 7. The third kappa shape index (κ3) is 6.08. The molecular weight excluding hydrogens is 561 g/mol. The summed E-state index contributed by atoms with van der Waals surface area (Å²) in [5.74, 6) is -0.578. The fourth-order valence-corrected chi connectivity index (χ4v) is 4.81. The predicted octanol–water partition coefficient (Wildman–Crippen LogP) is 4.99. The summed E-state index contributed by atoms with van der Waals surface area (Å²) in [6, 6.07) is 20.5. The van der Waals surface area contributed by atoms with Gasteiger partial charge in [0.25, 0.3) is 15.9 Å². The average molecular weight is 582 g/mol. The van der Waals surface area contributed by atoms with Crippen molar-refractivity contribution in [2.24, 2.45) is 5.10 Å². The zero-order chi connectivity index (χ0) is 23.3. The number of halogens is 2. The summed E-state index contributed by atoms with van der Waals surface area (Å²) in [7, 11) is -4.01. The van der Waals surface area contributed by atoms with Crippen molar-refractivity contribution in [2.75, 3.05) is 10.8 Å². The highest BCUT2D eigenvalue weighted by Gasteiger charge is 2.27. The van der Waals surface area contributed by atoms with E-state index in [2.05, 4.69) is 33.1 Å². The second kappa shape index (κ2) is 10.5. The molecule has 0 radical (unpaired) electrons. The number of hydrogen-bond donors (Lipinski definition) is 1. The molecule has 1 amide bonds. The minimum absolute atomic E-state index is 0.0782. The van der Waals surface area contributed by atoms with Crippen LogP contribution in [0.5, 0.6) is 0 Å². The lowest BCUT2D eigenvalue weighted by atomic mass is 10.1. The largest absolute Gasteiger partial charge is 0.271 e. The van der Waals surface area contributed by atoms with Gasteiger partial charge in [0.1, 0.15) is 6.54 Å². The van der Waals surface area contributed by atoms with Gasteiger partial charge in [-0.15, -0.1) is 0 Å². The first kappa shape index (κ1) is 24.2. The van der Waals surface area contributed by atoms with Crippen LogP contribution >= 0.6 is 34.2 Å². The summed E-state index contributed by atoms with van der Waals surface area (Å²) in [5, 5.41) is 4.48. The predicted molar refractivity (Wildman–Crippen MR) is 137 cm³/mol. The van der Waals surface area contributed by atoms with Crippen LogP contribution in [0.1, 0.15) is 18.1 Å². The molecule has 0 heterocycles. The molecule has 166 valence electrons. The van der Waals surface area contributed by atoms with Crippen LogP contribution in [0.2, 0.25) is 5.02 Å². The third-order valence-corrected chi connectivity index (χ3v) is 7.35. The summed E-state index contributed by atoms with van der Waals surface area (Å²) in [4.78, 5) is 12.8. The molecule has 0 fully saturated rings. The molecular formula is C23H21ClIN3O3S. The zero-order valence-corrected chi connectivity index (χ0v) is 21.1. The maximum atomic E-state index is 13.3. The molecule has 0 aliphatic heterocycles. The Morgan fingerprint density at radius 1 is 1.06 bits per heavy atom. The first-order valence-corrected chi connectivity index (χ1v) is 12.5. The lowest BCUT2D eigenvalue weighted by Gasteiger charge is -2.24. The monoisotopic (exact) mass is 581 g/mol. The maximum Gasteiger partial charge on any atom is 0.264 e. The normalized spacial score (nSPS) is 11.8. The summed E-state index contributed by atoms with van der Waals surface area (Å²) < 4.78 is 28.8. The van der Waals surface area contributed by atoms with Crippen molar-refractivity contribution in [3.63, 3.8) is 0 Å². The van der Waals surface area contributed by atoms with E-state index in [1.165, 1.54) is 18.2 Å². The minimum Gasteiger partial charge on any atom is -0.271 e. The van der Waals surface area contributed by atoms with Gasteiger partial charge in [-0.1, -0.05) is 47.5 Å². The smallest absolute Gasteiger partial charge is 0.264 e. The number of carbonyl (C=O) groups is 1. The molecule has 0 saturated heterocycles. The van der Waals surface area contributed by atoms with Crippen LogP contribution in [0.4, 0.5) is 5.69 Å². The van der Waals surface area contributed by atoms with Gasteiger partial charge in [0.05, 0.1) is 16.3 Å². The molecule has 3 aromatic rings. The highest BCUT2D eigenvalue weighted by molar-refractivity contribution is 14.1. The van der Waals surface area contributed by atoms with E-state index in [0.717, 1.165) is 19.0 Å². The average Bonchev–Trinajstić information content (AvgIpc) is 2.76. The van der Waals surface area contributed by atoms with E-state index in [1.807, 2.05) is 31.2 Å². The van der Waals surface area contributed by atoms with Crippen molar-refractivity contribution in [1.82, 2.24) is 5.43 Å². The second-order valence-electron chi connectivity index (χ2n) is 7.04. The molecule has 1 N–H and O–H groups in total. The van der Waals surface area contributed by atoms with Crippen LogP contribution in [0.3, 0.4) is 0 Å². The Morgan fingerprint density at radius 3 is 2.34 bits per heavy atom. The molecule has 0 spiro atoms. The van der Waals surface area contributed by atoms with Crippen LogP contribution in [0.25, 0.3) is 0 Å². The van der Waals surface area contributed by atoms with Gasteiger partial charge >= 0.3 is 0 Å². The van der Waals surface area contributed by atoms with Crippen LogP contribution < -0.4 is 9.73 Å². The molecule has 6 nitrogen and oxygen atoms in total. The Bertz CT molecular complexity index is 1240. The van der Waals surface area contributed by atoms with Crippen molar-refractivity contribution >= 4 is 61.5 Å². The third-order valence-electron chi connectivity index (χ3n) is 4.60. The molecule has 0 unspecified atom stereocenters. The second-order valence-corrected chi connectivity index (χ2v) is 10.6. The van der Waals surface area contributed by atoms with Crippen molar-refractivity contribution in [3.05, 3.63) is 92.5 Å². The summed E-state index contributed by atoms with van der Waals surface area (Å²) in [6.07, 6.45) is 0. The Hall–Kier alpha value is -2.43. The van der Waals surface area contributed by atoms with Crippen molar-refractivity contribution in [3.8, 4) is 0 Å². The van der Waals surface area contributed by atoms with Gasteiger partial charge in [-0.2, -0.15) is 5.10 Å². The van der Waals surface area contributed by atoms with Crippen LogP contribution in [0.15, 0.2) is 82.8 Å². The molecule has 0 saturated carbocycles. The molecule has 3 rings (SSSR count). The number of anilines is 1. The Balaban J connectivity index is 1.87. The van der Waals surface area contributed by atoms with Crippen LogP contribution in [0, 0.1) is 10.5 Å². The lowest BCUT2D eigenvalue weighted by Crippen LogP contribution is -2.39. The van der Waals surface area contributed by atoms with Gasteiger partial charge < -0.3 is 0 Å². The van der Waals surface area contributed by atoms with Gasteiger partial charge in [0, 0.05) is 8.59 Å². The van der Waals surface area contributed by atoms with Crippen LogP contribution in [-0.2, 0) is 14.8 Å². The number of nitrogens with zero attached hydrogens (tertiary/aromatic N) is 2. The Morgan fingerprint density at radius 2 is 1.72 bits per heavy atom. The van der Waals surface area contributed by atoms with E-state index in [-0.39, 0.29) is 10.6 Å². The van der Waals surface area contributed by atoms with E-state index >= 15 is 0 Å². The van der Waals surface area contributed by atoms with Crippen molar-refractivity contribution in [1.29, 1.82) is 0 Å². The Kier molecular flexibility index (Phi) is 7.91. The lowest BCUT2D eigenvalue weighted by molar-refractivity contribution is -0.119. The molecule has 0 aromatic heterocycles. The molecule has 0 aliphatic rings. The number of nitrogens with one attached hydrogen (secondary N) is 1. The van der Waals surface area contributed by atoms with Gasteiger partial charge in [-0.3, -0.25) is 9.10 Å². The number of carbonyl (C=O) groups excluding carboxylic acids is 1. The van der Waals surface area contributed by atoms with E-state index < -0.39 is 22.5 Å². The highest BCUT2D eigenvalue weighted by Crippen LogP contribution is 2.26. The Labute approximate surface area is 206 Å². The molecule has 0 bridgehead atoms. The first-order chi connectivity index (χ1) is 15.2. The summed E-state index contributed by atoms with van der Waals surface area (Å²) in [5.41, 5.74) is 5.12. The number of aryl methyl sites for hydroxylation is 1. The topological polar surface area (TPSA) is 78.8 Å². The van der Waals surface area contributed by atoms with Crippen LogP contribution in [-0.4, -0.2) is 26.6 Å². The maximum absolute atomic E-state index is 13.3. The fourth-order valence-electron chi connectivity index (χ4n) is 2.85. The van der Waals surface area contributed by atoms with Gasteiger partial charge in [0.2, 0.25) is 0 Å². The van der Waals surface area contributed by atoms with Gasteiger partial charge in [-0.05, 0) is 84.5 Å². The first-order valence-electron chi connectivity index (χ1n) is 9.61. The standard InChI is InChI=1S/C23H21ClIN3O3S/c1-16-6-12-22(13-7-16)32(30,31)28(21-5-3-4-19(24)14-21)15-23(29)27-26-17(2)18-8-10-20(25)11-9-18/h3-14H,15H2,1-2H3,(H,27,29)/b26-17-. The summed E-state index contributed by atoms with van der Waals surface area (Å²) in [6.45, 7) is 3.17. The SMILES string of the molecule is C/C(=N/NC(=O)CN(c1cccc(Cl)c1)S(=O)(=O)c1ccc(C)cc1)c1ccc(I)cc1. The molecule has 9 heteroatoms. The molecule has 32 heavy (non-hydrogen) atoms. The molecule has 0 aliphatic carbocycles. The van der Waals surface area contributed by atoms with E-state index in [9.17, 15) is 13.2 Å². The molecule has 3 aromatic carbocycles. The van der Waals surface area contributed by atoms with E-state index in [0.29, 0.717) is 10.7 Å². The summed E-state index contributed by atoms with van der Waals surface area (Å²) >= 11 is 8.28. The number of hydrazone groups is 1. The zero-order valence-electron chi connectivity index (χ0n) is 17.4.